The van der Waals surface area contributed by atoms with Crippen LogP contribution >= 0.6 is 11.6 Å². The van der Waals surface area contributed by atoms with Crippen LogP contribution in [-0.2, 0) is 11.3 Å². The number of nitrogens with zero attached hydrogens (tertiary/aromatic N) is 1. The highest BCUT2D eigenvalue weighted by Crippen LogP contribution is 2.26. The second-order valence-corrected chi connectivity index (χ2v) is 5.52. The van der Waals surface area contributed by atoms with Gasteiger partial charge in [0.15, 0.2) is 0 Å². The fourth-order valence-electron chi connectivity index (χ4n) is 2.20. The van der Waals surface area contributed by atoms with Crippen LogP contribution in [0.25, 0.3) is 0 Å². The van der Waals surface area contributed by atoms with Crippen LogP contribution in [0, 0.1) is 10.1 Å². The predicted molar refractivity (Wildman–Crippen MR) is 73.4 cm³/mol. The van der Waals surface area contributed by atoms with E-state index in [2.05, 4.69) is 12.2 Å². The summed E-state index contributed by atoms with van der Waals surface area (Å²) in [6.07, 6.45) is 2.08. The number of benzene rings is 1. The molecule has 1 unspecified atom stereocenters. The van der Waals surface area contributed by atoms with Crippen molar-refractivity contribution in [3.63, 3.8) is 0 Å². The van der Waals surface area contributed by atoms with Crippen molar-refractivity contribution in [1.82, 2.24) is 5.32 Å². The molecular formula is C13H17ClN2O3. The Hall–Kier alpha value is -1.17. The van der Waals surface area contributed by atoms with Crippen molar-refractivity contribution in [2.24, 2.45) is 0 Å². The van der Waals surface area contributed by atoms with Crippen LogP contribution in [0.2, 0.25) is 5.02 Å². The number of rotatable bonds is 4. The van der Waals surface area contributed by atoms with E-state index in [9.17, 15) is 10.1 Å². The number of hydrogen-bond acceptors (Lipinski definition) is 4. The summed E-state index contributed by atoms with van der Waals surface area (Å²) in [7, 11) is 0. The molecule has 0 spiro atoms. The molecule has 5 nitrogen and oxygen atoms in total. The number of nitro groups is 1. The molecular weight excluding hydrogens is 268 g/mol. The lowest BCUT2D eigenvalue weighted by Gasteiger charge is -2.34. The van der Waals surface area contributed by atoms with Gasteiger partial charge in [0.25, 0.3) is 5.69 Å². The van der Waals surface area contributed by atoms with Gasteiger partial charge in [-0.3, -0.25) is 10.1 Å². The van der Waals surface area contributed by atoms with Crippen molar-refractivity contribution < 1.29 is 9.66 Å². The molecule has 0 aromatic heterocycles. The van der Waals surface area contributed by atoms with E-state index in [1.165, 1.54) is 6.07 Å². The van der Waals surface area contributed by atoms with Crippen LogP contribution in [0.5, 0.6) is 0 Å². The topological polar surface area (TPSA) is 64.4 Å². The molecule has 0 aliphatic carbocycles. The van der Waals surface area contributed by atoms with Gasteiger partial charge in [-0.05, 0) is 31.4 Å². The molecule has 6 heteroatoms. The molecule has 1 aromatic carbocycles. The second kappa shape index (κ2) is 5.86. The third-order valence-corrected chi connectivity index (χ3v) is 3.68. The Morgan fingerprint density at radius 3 is 3.00 bits per heavy atom. The quantitative estimate of drug-likeness (QED) is 0.682. The summed E-state index contributed by atoms with van der Waals surface area (Å²) in [4.78, 5) is 10.4. The number of ether oxygens (including phenoxy) is 1. The van der Waals surface area contributed by atoms with Crippen LogP contribution in [0.4, 0.5) is 5.69 Å². The summed E-state index contributed by atoms with van der Waals surface area (Å²) in [6, 6.07) is 4.88. The van der Waals surface area contributed by atoms with Crippen LogP contribution in [-0.4, -0.2) is 23.7 Å². The highest BCUT2D eigenvalue weighted by Gasteiger charge is 2.26. The van der Waals surface area contributed by atoms with E-state index in [0.29, 0.717) is 13.2 Å². The van der Waals surface area contributed by atoms with Crippen molar-refractivity contribution in [2.75, 3.05) is 13.2 Å². The summed E-state index contributed by atoms with van der Waals surface area (Å²) in [5.41, 5.74) is 0.737. The first kappa shape index (κ1) is 14.2. The summed E-state index contributed by atoms with van der Waals surface area (Å²) < 4.78 is 5.46. The zero-order valence-corrected chi connectivity index (χ0v) is 11.6. The second-order valence-electron chi connectivity index (χ2n) is 5.11. The Bertz CT molecular complexity index is 473. The Morgan fingerprint density at radius 1 is 1.58 bits per heavy atom. The van der Waals surface area contributed by atoms with Crippen LogP contribution < -0.4 is 5.32 Å². The van der Waals surface area contributed by atoms with E-state index in [0.717, 1.165) is 25.0 Å². The molecule has 0 bridgehead atoms. The number of halogens is 1. The fraction of sp³-hybridized carbons (Fsp3) is 0.538. The Balaban J connectivity index is 2.03. The molecule has 1 aromatic rings. The SMILES string of the molecule is CC1(NCc2ccc(Cl)c([N+](=O)[O-])c2)CCCOC1. The molecule has 0 saturated carbocycles. The van der Waals surface area contributed by atoms with Crippen molar-refractivity contribution in [1.29, 1.82) is 0 Å². The summed E-state index contributed by atoms with van der Waals surface area (Å²) in [5.74, 6) is 0. The molecule has 19 heavy (non-hydrogen) atoms. The largest absolute Gasteiger partial charge is 0.380 e. The van der Waals surface area contributed by atoms with Crippen LogP contribution in [0.1, 0.15) is 25.3 Å². The molecule has 104 valence electrons. The van der Waals surface area contributed by atoms with Gasteiger partial charge in [0.1, 0.15) is 5.02 Å². The molecule has 0 radical (unpaired) electrons. The minimum Gasteiger partial charge on any atom is -0.380 e. The lowest BCUT2D eigenvalue weighted by molar-refractivity contribution is -0.384. The average molecular weight is 285 g/mol. The van der Waals surface area contributed by atoms with Gasteiger partial charge in [0.2, 0.25) is 0 Å². The maximum atomic E-state index is 10.8. The normalized spacial score (nSPS) is 23.3. The first-order valence-corrected chi connectivity index (χ1v) is 6.64. The maximum Gasteiger partial charge on any atom is 0.288 e. The Morgan fingerprint density at radius 2 is 2.37 bits per heavy atom. The first-order chi connectivity index (χ1) is 9.00. The van der Waals surface area contributed by atoms with Crippen molar-refractivity contribution in [3.8, 4) is 0 Å². The molecule has 1 atom stereocenters. The highest BCUT2D eigenvalue weighted by atomic mass is 35.5. The van der Waals surface area contributed by atoms with Crippen molar-refractivity contribution in [3.05, 3.63) is 38.9 Å². The molecule has 1 aliphatic rings. The highest BCUT2D eigenvalue weighted by molar-refractivity contribution is 6.32. The van der Waals surface area contributed by atoms with E-state index in [4.69, 9.17) is 16.3 Å². The molecule has 0 amide bonds. The third kappa shape index (κ3) is 3.65. The Kier molecular flexibility index (Phi) is 4.39. The maximum absolute atomic E-state index is 10.8. The Labute approximate surface area is 117 Å². The smallest absolute Gasteiger partial charge is 0.288 e. The standard InChI is InChI=1S/C13H17ClN2O3/c1-13(5-2-6-19-9-13)15-8-10-3-4-11(14)12(7-10)16(17)18/h3-4,7,15H,2,5-6,8-9H2,1H3. The van der Waals surface area contributed by atoms with Gasteiger partial charge in [0, 0.05) is 24.8 Å². The van der Waals surface area contributed by atoms with E-state index in [-0.39, 0.29) is 16.2 Å². The molecule has 1 heterocycles. The molecule has 1 N–H and O–H groups in total. The van der Waals surface area contributed by atoms with Gasteiger partial charge < -0.3 is 10.1 Å². The molecule has 1 saturated heterocycles. The van der Waals surface area contributed by atoms with E-state index < -0.39 is 4.92 Å². The fourth-order valence-corrected chi connectivity index (χ4v) is 2.38. The predicted octanol–water partition coefficient (Wildman–Crippen LogP) is 2.91. The van der Waals surface area contributed by atoms with Crippen molar-refractivity contribution >= 4 is 17.3 Å². The lowest BCUT2D eigenvalue weighted by Crippen LogP contribution is -2.48. The van der Waals surface area contributed by atoms with E-state index in [1.54, 1.807) is 12.1 Å². The van der Waals surface area contributed by atoms with Gasteiger partial charge in [-0.25, -0.2) is 0 Å². The van der Waals surface area contributed by atoms with Crippen LogP contribution in [0.3, 0.4) is 0 Å². The van der Waals surface area contributed by atoms with Crippen molar-refractivity contribution in [2.45, 2.75) is 31.8 Å². The summed E-state index contributed by atoms with van der Waals surface area (Å²) in [6.45, 7) is 4.15. The monoisotopic (exact) mass is 284 g/mol. The van der Waals surface area contributed by atoms with Crippen LogP contribution in [0.15, 0.2) is 18.2 Å². The lowest BCUT2D eigenvalue weighted by atomic mass is 9.94. The zero-order valence-electron chi connectivity index (χ0n) is 10.8. The minimum absolute atomic E-state index is 0.0500. The minimum atomic E-state index is -0.461. The van der Waals surface area contributed by atoms with Gasteiger partial charge in [0.05, 0.1) is 11.5 Å². The number of hydrogen-bond donors (Lipinski definition) is 1. The van der Waals surface area contributed by atoms with Gasteiger partial charge >= 0.3 is 0 Å². The van der Waals surface area contributed by atoms with E-state index >= 15 is 0 Å². The first-order valence-electron chi connectivity index (χ1n) is 6.26. The molecule has 1 aliphatic heterocycles. The summed E-state index contributed by atoms with van der Waals surface area (Å²) >= 11 is 5.79. The molecule has 2 rings (SSSR count). The van der Waals surface area contributed by atoms with Gasteiger partial charge in [-0.1, -0.05) is 17.7 Å². The van der Waals surface area contributed by atoms with Gasteiger partial charge in [-0.15, -0.1) is 0 Å². The zero-order chi connectivity index (χ0) is 13.9. The summed E-state index contributed by atoms with van der Waals surface area (Å²) in [5, 5.41) is 14.4. The average Bonchev–Trinajstić information content (AvgIpc) is 2.38. The molecule has 1 fully saturated rings. The number of nitrogens with one attached hydrogen (secondary N) is 1. The third-order valence-electron chi connectivity index (χ3n) is 3.36. The van der Waals surface area contributed by atoms with E-state index in [1.807, 2.05) is 0 Å². The number of nitro benzene ring substituents is 1. The van der Waals surface area contributed by atoms with Gasteiger partial charge in [-0.2, -0.15) is 0 Å².